The number of hydrogen-bond acceptors (Lipinski definition) is 3. The minimum absolute atomic E-state index is 0.508. The number of rotatable bonds is 4. The van der Waals surface area contributed by atoms with Crippen molar-refractivity contribution in [3.05, 3.63) is 40.5 Å². The Morgan fingerprint density at radius 2 is 2.11 bits per heavy atom. The number of nitrogens with two attached hydrogens (primary N) is 1. The van der Waals surface area contributed by atoms with Gasteiger partial charge in [0.2, 0.25) is 0 Å². The van der Waals surface area contributed by atoms with Crippen LogP contribution >= 0.6 is 27.7 Å². The lowest BCUT2D eigenvalue weighted by Crippen LogP contribution is -2.06. The minimum Gasteiger partial charge on any atom is -0.383 e. The quantitative estimate of drug-likeness (QED) is 0.870. The van der Waals surface area contributed by atoms with Crippen LogP contribution in [0.25, 0.3) is 0 Å². The normalized spacial score (nSPS) is 11.1. The van der Waals surface area contributed by atoms with Gasteiger partial charge in [0, 0.05) is 9.72 Å². The summed E-state index contributed by atoms with van der Waals surface area (Å²) in [5.41, 5.74) is 7.29. The van der Waals surface area contributed by atoms with Crippen molar-refractivity contribution in [1.82, 2.24) is 9.78 Å². The highest BCUT2D eigenvalue weighted by atomic mass is 79.9. The van der Waals surface area contributed by atoms with E-state index in [1.165, 1.54) is 5.56 Å². The van der Waals surface area contributed by atoms with E-state index >= 15 is 0 Å². The molecule has 0 saturated heterocycles. The van der Waals surface area contributed by atoms with Gasteiger partial charge in [0.1, 0.15) is 5.82 Å². The zero-order valence-corrected chi connectivity index (χ0v) is 12.8. The smallest absolute Gasteiger partial charge is 0.135 e. The molecule has 2 rings (SSSR count). The molecule has 5 heteroatoms. The Hall–Kier alpha value is -0.940. The second-order valence-corrected chi connectivity index (χ2v) is 6.78. The Kier molecular flexibility index (Phi) is 4.35. The van der Waals surface area contributed by atoms with Crippen LogP contribution in [0.4, 0.5) is 5.82 Å². The summed E-state index contributed by atoms with van der Waals surface area (Å²) in [7, 11) is 0. The summed E-state index contributed by atoms with van der Waals surface area (Å²) in [5, 5.41) is 4.86. The van der Waals surface area contributed by atoms with Gasteiger partial charge in [-0.25, -0.2) is 4.68 Å². The molecule has 0 fully saturated rings. The first kappa shape index (κ1) is 13.5. The Labute approximate surface area is 120 Å². The number of hydrogen-bond donors (Lipinski definition) is 1. The molecule has 2 aromatic rings. The maximum Gasteiger partial charge on any atom is 0.135 e. The first-order valence-corrected chi connectivity index (χ1v) is 7.46. The number of nitrogens with zero attached hydrogens (tertiary/aromatic N) is 2. The second kappa shape index (κ2) is 5.80. The van der Waals surface area contributed by atoms with E-state index in [2.05, 4.69) is 40.9 Å². The number of thioether (sulfide) groups is 1. The molecule has 3 nitrogen and oxygen atoms in total. The maximum atomic E-state index is 6.11. The Morgan fingerprint density at radius 3 is 2.78 bits per heavy atom. The van der Waals surface area contributed by atoms with Crippen LogP contribution in [0.5, 0.6) is 0 Å². The fourth-order valence-electron chi connectivity index (χ4n) is 1.64. The molecule has 0 aliphatic rings. The minimum atomic E-state index is 0.508. The Balaban J connectivity index is 2.20. The maximum absolute atomic E-state index is 6.11. The molecule has 1 heterocycles. The van der Waals surface area contributed by atoms with Gasteiger partial charge >= 0.3 is 0 Å². The third-order valence-electron chi connectivity index (χ3n) is 2.49. The monoisotopic (exact) mass is 325 g/mol. The average Bonchev–Trinajstić information content (AvgIpc) is 2.64. The molecule has 0 atom stereocenters. The van der Waals surface area contributed by atoms with Gasteiger partial charge in [0.25, 0.3) is 0 Å². The van der Waals surface area contributed by atoms with Crippen molar-refractivity contribution in [2.45, 2.75) is 30.5 Å². The van der Waals surface area contributed by atoms with E-state index < -0.39 is 0 Å². The lowest BCUT2D eigenvalue weighted by molar-refractivity contribution is 0.694. The van der Waals surface area contributed by atoms with Crippen LogP contribution in [-0.2, 0) is 6.54 Å². The lowest BCUT2D eigenvalue weighted by Gasteiger charge is -2.08. The van der Waals surface area contributed by atoms with Gasteiger partial charge in [-0.2, -0.15) is 5.10 Å². The molecule has 1 aromatic carbocycles. The first-order chi connectivity index (χ1) is 8.58. The fourth-order valence-corrected chi connectivity index (χ4v) is 2.89. The molecular formula is C13H16BrN3S. The van der Waals surface area contributed by atoms with Gasteiger partial charge in [0.15, 0.2) is 0 Å². The molecule has 0 saturated carbocycles. The Bertz CT molecular complexity index is 537. The zero-order chi connectivity index (χ0) is 13.1. The van der Waals surface area contributed by atoms with Gasteiger partial charge in [-0.05, 0) is 11.6 Å². The molecule has 96 valence electrons. The van der Waals surface area contributed by atoms with Gasteiger partial charge < -0.3 is 5.73 Å². The molecule has 0 amide bonds. The van der Waals surface area contributed by atoms with Crippen molar-refractivity contribution in [3.8, 4) is 0 Å². The summed E-state index contributed by atoms with van der Waals surface area (Å²) in [6, 6.07) is 8.11. The van der Waals surface area contributed by atoms with E-state index in [-0.39, 0.29) is 0 Å². The van der Waals surface area contributed by atoms with Crippen molar-refractivity contribution in [2.24, 2.45) is 0 Å². The zero-order valence-electron chi connectivity index (χ0n) is 10.4. The second-order valence-electron chi connectivity index (χ2n) is 4.31. The van der Waals surface area contributed by atoms with Crippen LogP contribution in [0.2, 0.25) is 0 Å². The number of anilines is 1. The summed E-state index contributed by atoms with van der Waals surface area (Å²) in [6.07, 6.45) is 1.84. The number of nitrogen functional groups attached to an aromatic ring is 1. The van der Waals surface area contributed by atoms with Gasteiger partial charge in [-0.1, -0.05) is 48.0 Å². The predicted octanol–water partition coefficient (Wildman–Crippen LogP) is 3.78. The van der Waals surface area contributed by atoms with Crippen LogP contribution in [0, 0.1) is 0 Å². The Morgan fingerprint density at radius 1 is 1.39 bits per heavy atom. The van der Waals surface area contributed by atoms with Crippen molar-refractivity contribution in [1.29, 1.82) is 0 Å². The van der Waals surface area contributed by atoms with Gasteiger partial charge in [-0.15, -0.1) is 11.8 Å². The number of aromatic nitrogens is 2. The number of benzene rings is 1. The average molecular weight is 326 g/mol. The highest BCUT2D eigenvalue weighted by Gasteiger charge is 2.10. The molecule has 0 spiro atoms. The summed E-state index contributed by atoms with van der Waals surface area (Å²) in [4.78, 5) is 1.05. The van der Waals surface area contributed by atoms with Crippen LogP contribution in [0.1, 0.15) is 19.4 Å². The van der Waals surface area contributed by atoms with Gasteiger partial charge in [0.05, 0.1) is 17.6 Å². The molecule has 0 aliphatic heterocycles. The molecule has 0 unspecified atom stereocenters. The van der Waals surface area contributed by atoms with E-state index in [0.717, 1.165) is 15.2 Å². The van der Waals surface area contributed by atoms with Gasteiger partial charge in [-0.3, -0.25) is 0 Å². The first-order valence-electron chi connectivity index (χ1n) is 5.79. The van der Waals surface area contributed by atoms with Crippen LogP contribution < -0.4 is 5.73 Å². The molecular weight excluding hydrogens is 310 g/mol. The molecule has 1 aromatic heterocycles. The summed E-state index contributed by atoms with van der Waals surface area (Å²) in [5.74, 6) is 0.740. The third kappa shape index (κ3) is 3.09. The van der Waals surface area contributed by atoms with E-state index in [4.69, 9.17) is 5.73 Å². The SMILES string of the molecule is CC(C)Sc1cnn(Cc2ccccc2Br)c1N. The number of halogens is 1. The van der Waals surface area contributed by atoms with Crippen LogP contribution in [-0.4, -0.2) is 15.0 Å². The van der Waals surface area contributed by atoms with E-state index in [1.807, 2.05) is 29.1 Å². The van der Waals surface area contributed by atoms with E-state index in [1.54, 1.807) is 11.8 Å². The highest BCUT2D eigenvalue weighted by molar-refractivity contribution is 9.10. The predicted molar refractivity (Wildman–Crippen MR) is 80.9 cm³/mol. The third-order valence-corrected chi connectivity index (χ3v) is 4.30. The van der Waals surface area contributed by atoms with E-state index in [0.29, 0.717) is 11.8 Å². The standard InChI is InChI=1S/C13H16BrN3S/c1-9(2)18-12-7-16-17(13(12)15)8-10-5-3-4-6-11(10)14/h3-7,9H,8,15H2,1-2H3. The summed E-state index contributed by atoms with van der Waals surface area (Å²) < 4.78 is 2.92. The van der Waals surface area contributed by atoms with Crippen LogP contribution in [0.15, 0.2) is 39.8 Å². The van der Waals surface area contributed by atoms with Crippen molar-refractivity contribution in [2.75, 3.05) is 5.73 Å². The highest BCUT2D eigenvalue weighted by Crippen LogP contribution is 2.29. The molecule has 0 aliphatic carbocycles. The summed E-state index contributed by atoms with van der Waals surface area (Å²) >= 11 is 5.28. The van der Waals surface area contributed by atoms with Crippen molar-refractivity contribution in [3.63, 3.8) is 0 Å². The molecule has 0 radical (unpaired) electrons. The lowest BCUT2D eigenvalue weighted by atomic mass is 10.2. The van der Waals surface area contributed by atoms with Crippen molar-refractivity contribution >= 4 is 33.5 Å². The summed E-state index contributed by atoms with van der Waals surface area (Å²) in [6.45, 7) is 4.98. The largest absolute Gasteiger partial charge is 0.383 e. The van der Waals surface area contributed by atoms with Crippen LogP contribution in [0.3, 0.4) is 0 Å². The van der Waals surface area contributed by atoms with Crippen molar-refractivity contribution < 1.29 is 0 Å². The fraction of sp³-hybridized carbons (Fsp3) is 0.308. The molecule has 0 bridgehead atoms. The molecule has 18 heavy (non-hydrogen) atoms. The topological polar surface area (TPSA) is 43.8 Å². The molecule has 2 N–H and O–H groups in total. The van der Waals surface area contributed by atoms with E-state index in [9.17, 15) is 0 Å².